The lowest BCUT2D eigenvalue weighted by molar-refractivity contribution is 0.284. The van der Waals surface area contributed by atoms with Gasteiger partial charge in [0.15, 0.2) is 12.4 Å². The van der Waals surface area contributed by atoms with Gasteiger partial charge in [-0.2, -0.15) is 0 Å². The van der Waals surface area contributed by atoms with Gasteiger partial charge in [-0.05, 0) is 30.7 Å². The van der Waals surface area contributed by atoms with E-state index in [9.17, 15) is 0 Å². The molecule has 0 N–H and O–H groups in total. The molecule has 0 aliphatic carbocycles. The highest BCUT2D eigenvalue weighted by Crippen LogP contribution is 2.37. The van der Waals surface area contributed by atoms with Crippen molar-refractivity contribution in [1.82, 2.24) is 0 Å². The number of hydrogen-bond acceptors (Lipinski definition) is 2. The minimum Gasteiger partial charge on any atom is -0.0965 e. The van der Waals surface area contributed by atoms with E-state index < -0.39 is 0 Å². The molecule has 2 nitrogen and oxygen atoms in total. The van der Waals surface area contributed by atoms with Crippen LogP contribution in [0.25, 0.3) is 0 Å². The van der Waals surface area contributed by atoms with E-state index in [-0.39, 0.29) is 0 Å². The molecular formula is C48H85N2+. The van der Waals surface area contributed by atoms with Gasteiger partial charge >= 0.3 is 0 Å². The van der Waals surface area contributed by atoms with Gasteiger partial charge in [0, 0.05) is 0 Å². The van der Waals surface area contributed by atoms with E-state index in [1.807, 2.05) is 12.4 Å². The molecule has 0 amide bonds. The van der Waals surface area contributed by atoms with Gasteiger partial charge in [-0.25, -0.2) is 0 Å². The first-order chi connectivity index (χ1) is 24.8. The highest BCUT2D eigenvalue weighted by atomic mass is 15.0. The molecule has 286 valence electrons. The average molecular weight is 690 g/mol. The number of unbranched alkanes of at least 4 members (excludes halogenated alkanes) is 30. The second-order valence-electron chi connectivity index (χ2n) is 16.2. The average Bonchev–Trinajstić information content (AvgIpc) is 3.68. The quantitative estimate of drug-likeness (QED) is 0.0488. The Bertz CT molecular complexity index is 863. The Balaban J connectivity index is 1.59. The number of aliphatic imine (C=N–C) groups is 2. The summed E-state index contributed by atoms with van der Waals surface area (Å²) >= 11 is 0. The molecule has 2 rings (SSSR count). The molecule has 1 heterocycles. The Morgan fingerprint density at radius 3 is 1.08 bits per heavy atom. The van der Waals surface area contributed by atoms with E-state index in [0.29, 0.717) is 11.8 Å². The molecule has 0 fully saturated rings. The lowest BCUT2D eigenvalue weighted by Crippen LogP contribution is -2.22. The summed E-state index contributed by atoms with van der Waals surface area (Å²) in [6, 6.07) is 11.2. The van der Waals surface area contributed by atoms with Gasteiger partial charge in [0.05, 0.1) is 5.92 Å². The summed E-state index contributed by atoms with van der Waals surface area (Å²) in [5, 5.41) is 0. The lowest BCUT2D eigenvalue weighted by atomic mass is 9.78. The number of benzene rings is 1. The topological polar surface area (TPSA) is 24.7 Å². The van der Waals surface area contributed by atoms with Gasteiger partial charge in [-0.1, -0.05) is 260 Å². The molecule has 0 spiro atoms. The molecule has 1 aromatic rings. The zero-order chi connectivity index (χ0) is 35.4. The minimum atomic E-state index is 0.494. The second kappa shape index (κ2) is 34.5. The molecule has 1 aliphatic heterocycles. The van der Waals surface area contributed by atoms with Gasteiger partial charge in [0.25, 0.3) is 0 Å². The Morgan fingerprint density at radius 2 is 0.720 bits per heavy atom. The summed E-state index contributed by atoms with van der Waals surface area (Å²) in [5.41, 5.74) is 1.48. The minimum absolute atomic E-state index is 0.494. The molecule has 1 aliphatic rings. The molecule has 0 bridgehead atoms. The van der Waals surface area contributed by atoms with Crippen molar-refractivity contribution < 1.29 is 0 Å². The summed E-state index contributed by atoms with van der Waals surface area (Å²) in [5.74, 6) is 1.14. The molecule has 0 radical (unpaired) electrons. The number of nitrogens with zero attached hydrogens (tertiary/aromatic N) is 2. The summed E-state index contributed by atoms with van der Waals surface area (Å²) in [7, 11) is 0. The van der Waals surface area contributed by atoms with E-state index in [0.717, 1.165) is 12.6 Å². The summed E-state index contributed by atoms with van der Waals surface area (Å²) < 4.78 is 0. The van der Waals surface area contributed by atoms with Crippen molar-refractivity contribution in [3.05, 3.63) is 42.1 Å². The fourth-order valence-electron chi connectivity index (χ4n) is 8.25. The molecule has 0 saturated carbocycles. The predicted molar refractivity (Wildman–Crippen MR) is 226 cm³/mol. The first-order valence-electron chi connectivity index (χ1n) is 22.8. The summed E-state index contributed by atoms with van der Waals surface area (Å²) in [4.78, 5) is 9.57. The van der Waals surface area contributed by atoms with Crippen molar-refractivity contribution in [2.24, 2.45) is 21.8 Å². The fraction of sp³-hybridized carbons (Fsp3) is 0.812. The monoisotopic (exact) mass is 690 g/mol. The van der Waals surface area contributed by atoms with E-state index in [2.05, 4.69) is 44.2 Å². The van der Waals surface area contributed by atoms with Crippen molar-refractivity contribution in [2.45, 2.75) is 239 Å². The smallest absolute Gasteiger partial charge is 0.0965 e. The third kappa shape index (κ3) is 25.4. The third-order valence-corrected chi connectivity index (χ3v) is 11.5. The van der Waals surface area contributed by atoms with Crippen LogP contribution in [-0.4, -0.2) is 12.4 Å². The standard InChI is InChI=1S/C48H85N2/c1-3-5-7-9-11-13-15-17-19-20-22-24-26-28-30-32-37-41-47(48-49-42-43-50-48)46(44-45-38-34-33-35-39-45)40-36-31-29-27-25-23-21-18-16-14-12-10-8-6-4-2/h33-35,38-39,42-43,46-47H,3-32,36-37,40-41,44H2,1-2H3/q+1. The summed E-state index contributed by atoms with van der Waals surface area (Å²) in [6.45, 7) is 4.62. The first-order valence-corrected chi connectivity index (χ1v) is 22.8. The Labute approximate surface area is 314 Å². The van der Waals surface area contributed by atoms with Crippen LogP contribution in [0.1, 0.15) is 238 Å². The Kier molecular flexibility index (Phi) is 30.8. The normalized spacial score (nSPS) is 13.8. The highest BCUT2D eigenvalue weighted by molar-refractivity contribution is 6.18. The zero-order valence-corrected chi connectivity index (χ0v) is 33.8. The summed E-state index contributed by atoms with van der Waals surface area (Å²) in [6.07, 6.45) is 54.5. The maximum absolute atomic E-state index is 4.78. The maximum atomic E-state index is 4.78. The van der Waals surface area contributed by atoms with Crippen LogP contribution in [-0.2, 0) is 6.42 Å². The first kappa shape index (κ1) is 44.6. The van der Waals surface area contributed by atoms with Crippen molar-refractivity contribution >= 4 is 12.4 Å². The van der Waals surface area contributed by atoms with Crippen LogP contribution in [0.4, 0.5) is 0 Å². The van der Waals surface area contributed by atoms with E-state index in [4.69, 9.17) is 9.98 Å². The van der Waals surface area contributed by atoms with Crippen LogP contribution in [0, 0.1) is 18.0 Å². The Hall–Kier alpha value is -1.57. The third-order valence-electron chi connectivity index (χ3n) is 11.5. The molecular weight excluding hydrogens is 605 g/mol. The van der Waals surface area contributed by atoms with Gasteiger partial charge in [0.2, 0.25) is 6.17 Å². The van der Waals surface area contributed by atoms with Gasteiger partial charge in [0.1, 0.15) is 0 Å². The largest absolute Gasteiger partial charge is 0.244 e. The van der Waals surface area contributed by atoms with Crippen LogP contribution in [0.15, 0.2) is 40.3 Å². The van der Waals surface area contributed by atoms with Crippen LogP contribution >= 0.6 is 0 Å². The van der Waals surface area contributed by atoms with Crippen molar-refractivity contribution in [3.63, 3.8) is 0 Å². The lowest BCUT2D eigenvalue weighted by Gasteiger charge is -2.26. The van der Waals surface area contributed by atoms with Crippen molar-refractivity contribution in [2.75, 3.05) is 0 Å². The van der Waals surface area contributed by atoms with E-state index in [1.54, 1.807) is 0 Å². The molecule has 2 atom stereocenters. The fourth-order valence-corrected chi connectivity index (χ4v) is 8.25. The SMILES string of the molecule is CCCCCCCCCCCCCCCCCCCC([C+]1N=CC=N1)C(CCCCCCCCCCCCCCCCC)Cc1ccccc1. The number of rotatable bonds is 38. The predicted octanol–water partition coefficient (Wildman–Crippen LogP) is 16.4. The zero-order valence-electron chi connectivity index (χ0n) is 33.8. The van der Waals surface area contributed by atoms with Crippen molar-refractivity contribution in [1.29, 1.82) is 0 Å². The second-order valence-corrected chi connectivity index (χ2v) is 16.2. The molecule has 2 heteroatoms. The van der Waals surface area contributed by atoms with Crippen LogP contribution < -0.4 is 0 Å². The van der Waals surface area contributed by atoms with Crippen LogP contribution in [0.2, 0.25) is 0 Å². The molecule has 2 unspecified atom stereocenters. The van der Waals surface area contributed by atoms with Crippen LogP contribution in [0.5, 0.6) is 0 Å². The molecule has 1 aromatic carbocycles. The molecule has 0 saturated heterocycles. The Morgan fingerprint density at radius 1 is 0.400 bits per heavy atom. The van der Waals surface area contributed by atoms with Crippen LogP contribution in [0.3, 0.4) is 0 Å². The molecule has 0 aromatic heterocycles. The van der Waals surface area contributed by atoms with E-state index in [1.165, 1.54) is 224 Å². The number of hydrogen-bond donors (Lipinski definition) is 0. The van der Waals surface area contributed by atoms with E-state index >= 15 is 0 Å². The van der Waals surface area contributed by atoms with Gasteiger partial charge in [-0.15, -0.1) is 0 Å². The maximum Gasteiger partial charge on any atom is 0.244 e. The van der Waals surface area contributed by atoms with Gasteiger partial charge in [-0.3, -0.25) is 0 Å². The van der Waals surface area contributed by atoms with Crippen molar-refractivity contribution in [3.8, 4) is 0 Å². The highest BCUT2D eigenvalue weighted by Gasteiger charge is 2.35. The molecule has 50 heavy (non-hydrogen) atoms. The van der Waals surface area contributed by atoms with Gasteiger partial charge < -0.3 is 0 Å².